The van der Waals surface area contributed by atoms with Crippen LogP contribution >= 0.6 is 11.6 Å². The zero-order valence-electron chi connectivity index (χ0n) is 11.6. The first-order valence-corrected chi connectivity index (χ1v) is 7.13. The van der Waals surface area contributed by atoms with Crippen molar-refractivity contribution < 1.29 is 4.79 Å². The summed E-state index contributed by atoms with van der Waals surface area (Å²) in [5, 5.41) is 3.71. The number of aryl methyl sites for hydroxylation is 1. The molecule has 0 aliphatic carbocycles. The number of anilines is 2. The lowest BCUT2D eigenvalue weighted by molar-refractivity contribution is -0.117. The van der Waals surface area contributed by atoms with Crippen molar-refractivity contribution in [2.45, 2.75) is 19.4 Å². The number of rotatable bonds is 3. The lowest BCUT2D eigenvalue weighted by Crippen LogP contribution is -2.33. The van der Waals surface area contributed by atoms with Gasteiger partial charge in [-0.2, -0.15) is 0 Å². The van der Waals surface area contributed by atoms with E-state index in [0.29, 0.717) is 23.9 Å². The summed E-state index contributed by atoms with van der Waals surface area (Å²) >= 11 is 5.98. The molecule has 0 bridgehead atoms. The smallest absolute Gasteiger partial charge is 0.249 e. The zero-order valence-corrected chi connectivity index (χ0v) is 12.3. The molecular weight excluding hydrogens is 288 g/mol. The Labute approximate surface area is 128 Å². The van der Waals surface area contributed by atoms with Gasteiger partial charge in [0.15, 0.2) is 0 Å². The molecule has 0 radical (unpaired) electrons. The molecule has 1 atom stereocenters. The van der Waals surface area contributed by atoms with E-state index in [-0.39, 0.29) is 11.9 Å². The van der Waals surface area contributed by atoms with Crippen LogP contribution in [-0.4, -0.2) is 28.5 Å². The van der Waals surface area contributed by atoms with E-state index in [0.717, 1.165) is 11.3 Å². The first-order chi connectivity index (χ1) is 10.1. The van der Waals surface area contributed by atoms with Gasteiger partial charge in [-0.25, -0.2) is 9.97 Å². The first-order valence-electron chi connectivity index (χ1n) is 6.75. The number of hydrogen-bond donors (Lipinski definition) is 1. The molecule has 1 unspecified atom stereocenters. The number of halogens is 1. The van der Waals surface area contributed by atoms with Crippen LogP contribution < -0.4 is 10.2 Å². The Morgan fingerprint density at radius 2 is 2.10 bits per heavy atom. The third-order valence-electron chi connectivity index (χ3n) is 3.41. The average molecular weight is 303 g/mol. The van der Waals surface area contributed by atoms with Crippen LogP contribution in [0.25, 0.3) is 0 Å². The number of nitrogens with zero attached hydrogens (tertiary/aromatic N) is 3. The third kappa shape index (κ3) is 2.97. The summed E-state index contributed by atoms with van der Waals surface area (Å²) < 4.78 is 0. The predicted octanol–water partition coefficient (Wildman–Crippen LogP) is 2.66. The van der Waals surface area contributed by atoms with Crippen LogP contribution in [0.5, 0.6) is 0 Å². The largest absolute Gasteiger partial charge is 0.342 e. The Kier molecular flexibility index (Phi) is 3.75. The van der Waals surface area contributed by atoms with Gasteiger partial charge in [0.25, 0.3) is 0 Å². The van der Waals surface area contributed by atoms with E-state index in [1.54, 1.807) is 29.4 Å². The number of benzene rings is 1. The van der Waals surface area contributed by atoms with Crippen molar-refractivity contribution in [3.8, 4) is 0 Å². The topological polar surface area (TPSA) is 58.1 Å². The average Bonchev–Trinajstić information content (AvgIpc) is 2.83. The Morgan fingerprint density at radius 1 is 1.33 bits per heavy atom. The van der Waals surface area contributed by atoms with Gasteiger partial charge in [0.05, 0.1) is 0 Å². The predicted molar refractivity (Wildman–Crippen MR) is 82.6 cm³/mol. The maximum atomic E-state index is 12.5. The molecule has 1 aliphatic rings. The van der Waals surface area contributed by atoms with Crippen molar-refractivity contribution in [3.63, 3.8) is 0 Å². The Balaban J connectivity index is 1.73. The number of amides is 1. The first kappa shape index (κ1) is 13.8. The molecule has 1 fully saturated rings. The molecular formula is C15H15ClN4O. The van der Waals surface area contributed by atoms with Crippen LogP contribution in [0.3, 0.4) is 0 Å². The van der Waals surface area contributed by atoms with Gasteiger partial charge in [-0.15, -0.1) is 0 Å². The molecule has 1 aliphatic heterocycles. The highest BCUT2D eigenvalue weighted by molar-refractivity contribution is 6.31. The molecule has 5 nitrogen and oxygen atoms in total. The molecule has 108 valence electrons. The lowest BCUT2D eigenvalue weighted by atomic mass is 10.2. The minimum Gasteiger partial charge on any atom is -0.342 e. The van der Waals surface area contributed by atoms with E-state index in [9.17, 15) is 4.79 Å². The van der Waals surface area contributed by atoms with Gasteiger partial charge >= 0.3 is 0 Å². The van der Waals surface area contributed by atoms with Gasteiger partial charge in [-0.1, -0.05) is 17.7 Å². The van der Waals surface area contributed by atoms with E-state index < -0.39 is 0 Å². The highest BCUT2D eigenvalue weighted by Gasteiger charge is 2.33. The standard InChI is InChI=1S/C15H15ClN4O/c1-10-8-17-15(18-9-10)19-13-5-6-20(14(13)21)12-4-2-3-11(16)7-12/h2-4,7-9,13H,5-6H2,1H3,(H,17,18,19). The second kappa shape index (κ2) is 5.69. The zero-order chi connectivity index (χ0) is 14.8. The minimum atomic E-state index is -0.299. The number of carbonyl (C=O) groups is 1. The summed E-state index contributed by atoms with van der Waals surface area (Å²) in [4.78, 5) is 22.5. The summed E-state index contributed by atoms with van der Waals surface area (Å²) in [5.41, 5.74) is 1.81. The van der Waals surface area contributed by atoms with Gasteiger partial charge in [0.2, 0.25) is 11.9 Å². The maximum Gasteiger partial charge on any atom is 0.249 e. The van der Waals surface area contributed by atoms with E-state index in [2.05, 4.69) is 15.3 Å². The van der Waals surface area contributed by atoms with Crippen molar-refractivity contribution in [3.05, 3.63) is 47.2 Å². The lowest BCUT2D eigenvalue weighted by Gasteiger charge is -2.17. The van der Waals surface area contributed by atoms with Gasteiger partial charge in [0, 0.05) is 29.6 Å². The molecule has 0 saturated carbocycles. The van der Waals surface area contributed by atoms with Crippen molar-refractivity contribution in [1.29, 1.82) is 0 Å². The summed E-state index contributed by atoms with van der Waals surface area (Å²) in [6.07, 6.45) is 4.16. The highest BCUT2D eigenvalue weighted by Crippen LogP contribution is 2.25. The van der Waals surface area contributed by atoms with E-state index in [1.165, 1.54) is 0 Å². The Morgan fingerprint density at radius 3 is 2.81 bits per heavy atom. The fourth-order valence-electron chi connectivity index (χ4n) is 2.34. The molecule has 1 N–H and O–H groups in total. The van der Waals surface area contributed by atoms with Crippen molar-refractivity contribution in [1.82, 2.24) is 9.97 Å². The van der Waals surface area contributed by atoms with Gasteiger partial charge in [0.1, 0.15) is 6.04 Å². The summed E-state index contributed by atoms with van der Waals surface area (Å²) in [7, 11) is 0. The molecule has 3 rings (SSSR count). The second-order valence-electron chi connectivity index (χ2n) is 5.04. The fraction of sp³-hybridized carbons (Fsp3) is 0.267. The molecule has 6 heteroatoms. The number of carbonyl (C=O) groups excluding carboxylic acids is 1. The van der Waals surface area contributed by atoms with E-state index >= 15 is 0 Å². The van der Waals surface area contributed by atoms with Gasteiger partial charge < -0.3 is 10.2 Å². The number of nitrogens with one attached hydrogen (secondary N) is 1. The third-order valence-corrected chi connectivity index (χ3v) is 3.64. The van der Waals surface area contributed by atoms with E-state index in [1.807, 2.05) is 19.1 Å². The fourth-order valence-corrected chi connectivity index (χ4v) is 2.52. The van der Waals surface area contributed by atoms with E-state index in [4.69, 9.17) is 11.6 Å². The van der Waals surface area contributed by atoms with Crippen LogP contribution in [-0.2, 0) is 4.79 Å². The van der Waals surface area contributed by atoms with Crippen LogP contribution in [0, 0.1) is 6.92 Å². The molecule has 1 aromatic carbocycles. The molecule has 1 aromatic heterocycles. The second-order valence-corrected chi connectivity index (χ2v) is 5.48. The molecule has 2 heterocycles. The summed E-state index contributed by atoms with van der Waals surface area (Å²) in [5.74, 6) is 0.494. The quantitative estimate of drug-likeness (QED) is 0.947. The number of aromatic nitrogens is 2. The summed E-state index contributed by atoms with van der Waals surface area (Å²) in [6.45, 7) is 2.58. The monoisotopic (exact) mass is 302 g/mol. The Bertz CT molecular complexity index is 659. The normalized spacial score (nSPS) is 18.1. The van der Waals surface area contributed by atoms with Crippen molar-refractivity contribution in [2.24, 2.45) is 0 Å². The number of hydrogen-bond acceptors (Lipinski definition) is 4. The molecule has 2 aromatic rings. The highest BCUT2D eigenvalue weighted by atomic mass is 35.5. The van der Waals surface area contributed by atoms with Gasteiger partial charge in [-0.05, 0) is 37.1 Å². The van der Waals surface area contributed by atoms with Crippen molar-refractivity contribution >= 4 is 29.1 Å². The van der Waals surface area contributed by atoms with Crippen LogP contribution in [0.1, 0.15) is 12.0 Å². The molecule has 21 heavy (non-hydrogen) atoms. The Hall–Kier alpha value is -2.14. The molecule has 0 spiro atoms. The van der Waals surface area contributed by atoms with Crippen LogP contribution in [0.4, 0.5) is 11.6 Å². The summed E-state index contributed by atoms with van der Waals surface area (Å²) in [6, 6.07) is 7.02. The van der Waals surface area contributed by atoms with Crippen LogP contribution in [0.15, 0.2) is 36.7 Å². The van der Waals surface area contributed by atoms with Crippen molar-refractivity contribution in [2.75, 3.05) is 16.8 Å². The molecule has 1 saturated heterocycles. The van der Waals surface area contributed by atoms with Gasteiger partial charge in [-0.3, -0.25) is 4.79 Å². The minimum absolute atomic E-state index is 0.0152. The molecule has 1 amide bonds. The van der Waals surface area contributed by atoms with Crippen LogP contribution in [0.2, 0.25) is 5.02 Å². The SMILES string of the molecule is Cc1cnc(NC2CCN(c3cccc(Cl)c3)C2=O)nc1. The maximum absolute atomic E-state index is 12.5.